The van der Waals surface area contributed by atoms with Crippen LogP contribution in [0.4, 0.5) is 0 Å². The van der Waals surface area contributed by atoms with Crippen molar-refractivity contribution in [3.63, 3.8) is 0 Å². The Balaban J connectivity index is 1.55. The molecule has 1 amide bonds. The van der Waals surface area contributed by atoms with Gasteiger partial charge in [0.25, 0.3) is 5.91 Å². The quantitative estimate of drug-likeness (QED) is 0.381. The third-order valence-electron chi connectivity index (χ3n) is 4.86. The molecule has 0 fully saturated rings. The van der Waals surface area contributed by atoms with Gasteiger partial charge in [-0.1, -0.05) is 72.8 Å². The fourth-order valence-electron chi connectivity index (χ4n) is 3.23. The summed E-state index contributed by atoms with van der Waals surface area (Å²) >= 11 is 0. The summed E-state index contributed by atoms with van der Waals surface area (Å²) in [7, 11) is 0. The van der Waals surface area contributed by atoms with E-state index >= 15 is 0 Å². The van der Waals surface area contributed by atoms with E-state index in [0.29, 0.717) is 5.57 Å². The van der Waals surface area contributed by atoms with Gasteiger partial charge < -0.3 is 5.32 Å². The SMILES string of the molecule is CC(NC(=O)/C(=C/c1ccccc1)c1ccccc1)c1ccc(-n2cncn2)cc1. The number of carbonyl (C=O) groups excluding carboxylic acids is 1. The van der Waals surface area contributed by atoms with Crippen molar-refractivity contribution < 1.29 is 4.79 Å². The van der Waals surface area contributed by atoms with Crippen molar-refractivity contribution in [2.24, 2.45) is 0 Å². The molecule has 0 aliphatic heterocycles. The van der Waals surface area contributed by atoms with Crippen molar-refractivity contribution in [1.29, 1.82) is 0 Å². The van der Waals surface area contributed by atoms with E-state index in [1.54, 1.807) is 11.0 Å². The molecule has 0 saturated carbocycles. The lowest BCUT2D eigenvalue weighted by Gasteiger charge is -2.17. The van der Waals surface area contributed by atoms with Gasteiger partial charge in [0.05, 0.1) is 11.7 Å². The smallest absolute Gasteiger partial charge is 0.252 e. The second-order valence-electron chi connectivity index (χ2n) is 6.96. The number of nitrogens with zero attached hydrogens (tertiary/aromatic N) is 3. The highest BCUT2D eigenvalue weighted by Crippen LogP contribution is 2.21. The van der Waals surface area contributed by atoms with E-state index in [-0.39, 0.29) is 11.9 Å². The molecule has 1 unspecified atom stereocenters. The molecule has 30 heavy (non-hydrogen) atoms. The minimum absolute atomic E-state index is 0.113. The van der Waals surface area contributed by atoms with Crippen LogP contribution in [-0.2, 0) is 4.79 Å². The van der Waals surface area contributed by atoms with Crippen molar-refractivity contribution in [1.82, 2.24) is 20.1 Å². The average Bonchev–Trinajstić information content (AvgIpc) is 3.34. The van der Waals surface area contributed by atoms with Crippen molar-refractivity contribution in [2.45, 2.75) is 13.0 Å². The maximum absolute atomic E-state index is 13.2. The Morgan fingerprint density at radius 1 is 0.933 bits per heavy atom. The molecule has 1 aromatic heterocycles. The molecule has 4 aromatic rings. The molecule has 0 saturated heterocycles. The lowest BCUT2D eigenvalue weighted by molar-refractivity contribution is -0.116. The van der Waals surface area contributed by atoms with Gasteiger partial charge in [-0.15, -0.1) is 0 Å². The summed E-state index contributed by atoms with van der Waals surface area (Å²) in [6, 6.07) is 27.4. The molecule has 1 heterocycles. The van der Waals surface area contributed by atoms with E-state index in [1.165, 1.54) is 6.33 Å². The van der Waals surface area contributed by atoms with E-state index in [0.717, 1.165) is 22.4 Å². The van der Waals surface area contributed by atoms with E-state index in [2.05, 4.69) is 15.4 Å². The highest BCUT2D eigenvalue weighted by Gasteiger charge is 2.16. The number of rotatable bonds is 6. The average molecular weight is 394 g/mol. The van der Waals surface area contributed by atoms with Crippen LogP contribution in [0.2, 0.25) is 0 Å². The number of hydrogen-bond acceptors (Lipinski definition) is 3. The number of amides is 1. The summed E-state index contributed by atoms with van der Waals surface area (Å²) in [5.41, 5.74) is 4.43. The zero-order chi connectivity index (χ0) is 20.8. The van der Waals surface area contributed by atoms with Crippen LogP contribution < -0.4 is 5.32 Å². The molecule has 3 aromatic carbocycles. The summed E-state index contributed by atoms with van der Waals surface area (Å²) in [6.07, 6.45) is 5.08. The summed E-state index contributed by atoms with van der Waals surface area (Å²) in [5.74, 6) is -0.113. The van der Waals surface area contributed by atoms with Crippen molar-refractivity contribution >= 4 is 17.6 Å². The summed E-state index contributed by atoms with van der Waals surface area (Å²) < 4.78 is 1.70. The monoisotopic (exact) mass is 394 g/mol. The molecule has 5 nitrogen and oxygen atoms in total. The van der Waals surface area contributed by atoms with Crippen molar-refractivity contribution in [2.75, 3.05) is 0 Å². The maximum Gasteiger partial charge on any atom is 0.252 e. The van der Waals surface area contributed by atoms with Gasteiger partial charge in [0.2, 0.25) is 0 Å². The van der Waals surface area contributed by atoms with Gasteiger partial charge in [-0.2, -0.15) is 5.10 Å². The lowest BCUT2D eigenvalue weighted by Crippen LogP contribution is -2.27. The Morgan fingerprint density at radius 3 is 2.23 bits per heavy atom. The maximum atomic E-state index is 13.2. The highest BCUT2D eigenvalue weighted by atomic mass is 16.1. The van der Waals surface area contributed by atoms with Crippen molar-refractivity contribution in [3.05, 3.63) is 114 Å². The molecular formula is C25H22N4O. The Kier molecular flexibility index (Phi) is 5.80. The largest absolute Gasteiger partial charge is 0.345 e. The normalized spacial score (nSPS) is 12.4. The standard InChI is InChI=1S/C25H22N4O/c1-19(21-12-14-23(15-13-21)29-18-26-17-27-29)28-25(30)24(22-10-6-3-7-11-22)16-20-8-4-2-5-9-20/h2-19H,1H3,(H,28,30)/b24-16+. The Hall–Kier alpha value is -3.99. The second-order valence-corrected chi connectivity index (χ2v) is 6.96. The number of nitrogens with one attached hydrogen (secondary N) is 1. The molecule has 1 atom stereocenters. The highest BCUT2D eigenvalue weighted by molar-refractivity contribution is 6.24. The lowest BCUT2D eigenvalue weighted by atomic mass is 10.0. The minimum atomic E-state index is -0.148. The minimum Gasteiger partial charge on any atom is -0.345 e. The first-order valence-corrected chi connectivity index (χ1v) is 9.79. The third-order valence-corrected chi connectivity index (χ3v) is 4.86. The van der Waals surface area contributed by atoms with Crippen LogP contribution in [0.25, 0.3) is 17.3 Å². The first-order chi connectivity index (χ1) is 14.7. The Bertz CT molecular complexity index is 1120. The molecule has 5 heteroatoms. The van der Waals surface area contributed by atoms with E-state index < -0.39 is 0 Å². The van der Waals surface area contributed by atoms with Gasteiger partial charge >= 0.3 is 0 Å². The number of benzene rings is 3. The molecule has 4 rings (SSSR count). The Labute approximate surface area is 175 Å². The summed E-state index contributed by atoms with van der Waals surface area (Å²) in [4.78, 5) is 17.2. The molecule has 0 radical (unpaired) electrons. The molecule has 148 valence electrons. The fraction of sp³-hybridized carbons (Fsp3) is 0.0800. The van der Waals surface area contributed by atoms with Gasteiger partial charge in [-0.25, -0.2) is 9.67 Å². The van der Waals surface area contributed by atoms with Crippen molar-refractivity contribution in [3.8, 4) is 5.69 Å². The molecular weight excluding hydrogens is 372 g/mol. The van der Waals surface area contributed by atoms with Crippen LogP contribution >= 0.6 is 0 Å². The first-order valence-electron chi connectivity index (χ1n) is 9.79. The molecule has 0 aliphatic rings. The number of aromatic nitrogens is 3. The number of carbonyl (C=O) groups is 1. The predicted molar refractivity (Wildman–Crippen MR) is 119 cm³/mol. The zero-order valence-corrected chi connectivity index (χ0v) is 16.6. The summed E-state index contributed by atoms with van der Waals surface area (Å²) in [6.45, 7) is 1.98. The molecule has 0 bridgehead atoms. The second kappa shape index (κ2) is 9.01. The fourth-order valence-corrected chi connectivity index (χ4v) is 3.23. The van der Waals surface area contributed by atoms with Crippen LogP contribution in [0.5, 0.6) is 0 Å². The molecule has 0 aliphatic carbocycles. The molecule has 1 N–H and O–H groups in total. The molecule has 0 spiro atoms. The third kappa shape index (κ3) is 4.52. The zero-order valence-electron chi connectivity index (χ0n) is 16.6. The van der Waals surface area contributed by atoms with E-state index in [9.17, 15) is 4.79 Å². The van der Waals surface area contributed by atoms with E-state index in [1.807, 2.05) is 97.9 Å². The topological polar surface area (TPSA) is 59.8 Å². The predicted octanol–water partition coefficient (Wildman–Crippen LogP) is 4.69. The van der Waals surface area contributed by atoms with E-state index in [4.69, 9.17) is 0 Å². The van der Waals surface area contributed by atoms with Gasteiger partial charge in [0, 0.05) is 5.57 Å². The Morgan fingerprint density at radius 2 is 1.60 bits per heavy atom. The van der Waals surface area contributed by atoms with Gasteiger partial charge in [0.15, 0.2) is 0 Å². The first kappa shape index (κ1) is 19.3. The van der Waals surface area contributed by atoms with Crippen LogP contribution in [0.3, 0.4) is 0 Å². The number of hydrogen-bond donors (Lipinski definition) is 1. The summed E-state index contributed by atoms with van der Waals surface area (Å²) in [5, 5.41) is 7.26. The van der Waals surface area contributed by atoms with Gasteiger partial charge in [-0.3, -0.25) is 4.79 Å². The van der Waals surface area contributed by atoms with Crippen LogP contribution in [0.15, 0.2) is 97.6 Å². The van der Waals surface area contributed by atoms with Crippen LogP contribution in [0, 0.1) is 0 Å². The van der Waals surface area contributed by atoms with Crippen LogP contribution in [0.1, 0.15) is 29.7 Å². The van der Waals surface area contributed by atoms with Gasteiger partial charge in [-0.05, 0) is 41.8 Å². The van der Waals surface area contributed by atoms with Crippen LogP contribution in [-0.4, -0.2) is 20.7 Å². The van der Waals surface area contributed by atoms with Gasteiger partial charge in [0.1, 0.15) is 12.7 Å².